The molecule has 1 aromatic heterocycles. The number of ether oxygens (including phenoxy) is 2. The van der Waals surface area contributed by atoms with Crippen LogP contribution in [0.2, 0.25) is 0 Å². The molecule has 0 atom stereocenters. The quantitative estimate of drug-likeness (QED) is 0.621. The van der Waals surface area contributed by atoms with Crippen LogP contribution in [0.3, 0.4) is 0 Å². The van der Waals surface area contributed by atoms with Crippen LogP contribution in [-0.2, 0) is 9.53 Å². The SMILES string of the molecule is CCCOc1ncnc(N(C)CC(=O)NCCOC)c1N. The van der Waals surface area contributed by atoms with Gasteiger partial charge in [0.15, 0.2) is 5.82 Å². The molecule has 118 valence electrons. The Morgan fingerprint density at radius 3 is 2.86 bits per heavy atom. The summed E-state index contributed by atoms with van der Waals surface area (Å²) in [7, 11) is 3.32. The second-order valence-corrected chi connectivity index (χ2v) is 4.46. The summed E-state index contributed by atoms with van der Waals surface area (Å²) in [5.41, 5.74) is 6.31. The van der Waals surface area contributed by atoms with E-state index in [0.717, 1.165) is 6.42 Å². The molecule has 3 N–H and O–H groups in total. The topological polar surface area (TPSA) is 103 Å². The molecule has 0 radical (unpaired) electrons. The minimum Gasteiger partial charge on any atom is -0.476 e. The van der Waals surface area contributed by atoms with Gasteiger partial charge >= 0.3 is 0 Å². The number of hydrogen-bond donors (Lipinski definition) is 2. The standard InChI is InChI=1S/C13H23N5O3/c1-4-6-21-13-11(14)12(16-9-17-13)18(2)8-10(19)15-5-7-20-3/h9H,4-8,14H2,1-3H3,(H,15,19). The lowest BCUT2D eigenvalue weighted by atomic mass is 10.4. The predicted octanol–water partition coefficient (Wildman–Crippen LogP) is 0.0464. The molecule has 0 bridgehead atoms. The first kappa shape index (κ1) is 17.0. The summed E-state index contributed by atoms with van der Waals surface area (Å²) in [5.74, 6) is 0.676. The van der Waals surface area contributed by atoms with Gasteiger partial charge in [0.25, 0.3) is 0 Å². The van der Waals surface area contributed by atoms with E-state index in [1.165, 1.54) is 6.33 Å². The maximum absolute atomic E-state index is 11.7. The summed E-state index contributed by atoms with van der Waals surface area (Å²) in [4.78, 5) is 21.5. The summed E-state index contributed by atoms with van der Waals surface area (Å²) < 4.78 is 10.3. The summed E-state index contributed by atoms with van der Waals surface area (Å²) in [6.07, 6.45) is 2.23. The fraction of sp³-hybridized carbons (Fsp3) is 0.615. The number of rotatable bonds is 9. The van der Waals surface area contributed by atoms with Crippen LogP contribution in [0.1, 0.15) is 13.3 Å². The highest BCUT2D eigenvalue weighted by Crippen LogP contribution is 2.26. The molecule has 1 amide bonds. The minimum absolute atomic E-state index is 0.136. The summed E-state index contributed by atoms with van der Waals surface area (Å²) in [6.45, 7) is 3.60. The van der Waals surface area contributed by atoms with E-state index in [1.807, 2.05) is 6.92 Å². The monoisotopic (exact) mass is 297 g/mol. The highest BCUT2D eigenvalue weighted by molar-refractivity contribution is 5.82. The van der Waals surface area contributed by atoms with E-state index in [2.05, 4.69) is 15.3 Å². The molecule has 0 saturated heterocycles. The van der Waals surface area contributed by atoms with Crippen LogP contribution in [0.25, 0.3) is 0 Å². The number of carbonyl (C=O) groups is 1. The number of nitrogens with one attached hydrogen (secondary N) is 1. The van der Waals surface area contributed by atoms with Gasteiger partial charge in [-0.1, -0.05) is 6.92 Å². The van der Waals surface area contributed by atoms with Crippen LogP contribution in [0.4, 0.5) is 11.5 Å². The molecule has 0 fully saturated rings. The third-order valence-corrected chi connectivity index (χ3v) is 2.64. The first-order valence-corrected chi connectivity index (χ1v) is 6.80. The van der Waals surface area contributed by atoms with Crippen molar-refractivity contribution in [2.24, 2.45) is 0 Å². The number of hydrogen-bond acceptors (Lipinski definition) is 7. The molecule has 0 aromatic carbocycles. The van der Waals surface area contributed by atoms with Crippen molar-refractivity contribution in [1.82, 2.24) is 15.3 Å². The Balaban J connectivity index is 2.64. The van der Waals surface area contributed by atoms with Crippen molar-refractivity contribution in [1.29, 1.82) is 0 Å². The van der Waals surface area contributed by atoms with Gasteiger partial charge in [0, 0.05) is 20.7 Å². The number of carbonyl (C=O) groups excluding carboxylic acids is 1. The zero-order chi connectivity index (χ0) is 15.7. The summed E-state index contributed by atoms with van der Waals surface area (Å²) in [5, 5.41) is 2.73. The van der Waals surface area contributed by atoms with Gasteiger partial charge in [0.2, 0.25) is 11.8 Å². The molecule has 0 aliphatic carbocycles. The number of aromatic nitrogens is 2. The maximum Gasteiger partial charge on any atom is 0.242 e. The van der Waals surface area contributed by atoms with Crippen LogP contribution in [0.15, 0.2) is 6.33 Å². The van der Waals surface area contributed by atoms with Crippen molar-refractivity contribution >= 4 is 17.4 Å². The van der Waals surface area contributed by atoms with Crippen LogP contribution in [0, 0.1) is 0 Å². The molecular formula is C13H23N5O3. The van der Waals surface area contributed by atoms with Gasteiger partial charge < -0.3 is 25.4 Å². The predicted molar refractivity (Wildman–Crippen MR) is 80.4 cm³/mol. The normalized spacial score (nSPS) is 10.2. The molecule has 21 heavy (non-hydrogen) atoms. The Kier molecular flexibility index (Phi) is 7.24. The highest BCUT2D eigenvalue weighted by Gasteiger charge is 2.15. The van der Waals surface area contributed by atoms with Gasteiger partial charge in [-0.15, -0.1) is 0 Å². The van der Waals surface area contributed by atoms with E-state index >= 15 is 0 Å². The number of nitrogens with two attached hydrogens (primary N) is 1. The molecule has 0 spiro atoms. The molecule has 1 aromatic rings. The number of likely N-dealkylation sites (N-methyl/N-ethyl adjacent to an activating group) is 1. The number of nitrogen functional groups attached to an aromatic ring is 1. The average Bonchev–Trinajstić information content (AvgIpc) is 2.46. The lowest BCUT2D eigenvalue weighted by molar-refractivity contribution is -0.119. The fourth-order valence-corrected chi connectivity index (χ4v) is 1.63. The van der Waals surface area contributed by atoms with E-state index in [9.17, 15) is 4.79 Å². The van der Waals surface area contributed by atoms with Crippen molar-refractivity contribution < 1.29 is 14.3 Å². The lowest BCUT2D eigenvalue weighted by Gasteiger charge is -2.20. The molecule has 0 saturated carbocycles. The maximum atomic E-state index is 11.7. The third kappa shape index (κ3) is 5.42. The Bertz CT molecular complexity index is 455. The van der Waals surface area contributed by atoms with E-state index in [4.69, 9.17) is 15.2 Å². The van der Waals surface area contributed by atoms with Gasteiger partial charge in [-0.3, -0.25) is 4.79 Å². The average molecular weight is 297 g/mol. The van der Waals surface area contributed by atoms with Crippen molar-refractivity contribution in [3.8, 4) is 5.88 Å². The molecule has 8 nitrogen and oxygen atoms in total. The Morgan fingerprint density at radius 2 is 2.19 bits per heavy atom. The van der Waals surface area contributed by atoms with Gasteiger partial charge in [0.05, 0.1) is 19.8 Å². The molecule has 0 aliphatic rings. The molecule has 1 rings (SSSR count). The van der Waals surface area contributed by atoms with Gasteiger partial charge in [-0.05, 0) is 6.42 Å². The van der Waals surface area contributed by atoms with Crippen LogP contribution in [-0.4, -0.2) is 56.3 Å². The lowest BCUT2D eigenvalue weighted by Crippen LogP contribution is -2.37. The minimum atomic E-state index is -0.136. The van der Waals surface area contributed by atoms with Crippen LogP contribution in [0.5, 0.6) is 5.88 Å². The zero-order valence-electron chi connectivity index (χ0n) is 12.8. The number of methoxy groups -OCH3 is 1. The Morgan fingerprint density at radius 1 is 1.43 bits per heavy atom. The second kappa shape index (κ2) is 8.96. The summed E-state index contributed by atoms with van der Waals surface area (Å²) in [6, 6.07) is 0. The van der Waals surface area contributed by atoms with Gasteiger partial charge in [0.1, 0.15) is 12.0 Å². The highest BCUT2D eigenvalue weighted by atomic mass is 16.5. The Labute approximate surface area is 124 Å². The van der Waals surface area contributed by atoms with Crippen molar-refractivity contribution in [3.63, 3.8) is 0 Å². The van der Waals surface area contributed by atoms with Crippen molar-refractivity contribution in [3.05, 3.63) is 6.33 Å². The van der Waals surface area contributed by atoms with Crippen LogP contribution >= 0.6 is 0 Å². The molecule has 1 heterocycles. The zero-order valence-corrected chi connectivity index (χ0v) is 12.8. The number of nitrogens with zero attached hydrogens (tertiary/aromatic N) is 3. The van der Waals surface area contributed by atoms with E-state index in [0.29, 0.717) is 37.1 Å². The third-order valence-electron chi connectivity index (χ3n) is 2.64. The van der Waals surface area contributed by atoms with E-state index in [-0.39, 0.29) is 12.5 Å². The van der Waals surface area contributed by atoms with Crippen molar-refractivity contribution in [2.45, 2.75) is 13.3 Å². The Hall–Kier alpha value is -2.09. The first-order chi connectivity index (χ1) is 10.1. The number of anilines is 2. The smallest absolute Gasteiger partial charge is 0.242 e. The van der Waals surface area contributed by atoms with Gasteiger partial charge in [-0.2, -0.15) is 4.98 Å². The largest absolute Gasteiger partial charge is 0.476 e. The van der Waals surface area contributed by atoms with E-state index < -0.39 is 0 Å². The fourth-order valence-electron chi connectivity index (χ4n) is 1.63. The molecule has 0 aliphatic heterocycles. The molecule has 0 unspecified atom stereocenters. The second-order valence-electron chi connectivity index (χ2n) is 4.46. The molecular weight excluding hydrogens is 274 g/mol. The molecule has 8 heteroatoms. The number of amides is 1. The summed E-state index contributed by atoms with van der Waals surface area (Å²) >= 11 is 0. The van der Waals surface area contributed by atoms with E-state index in [1.54, 1.807) is 19.1 Å². The first-order valence-electron chi connectivity index (χ1n) is 6.80. The van der Waals surface area contributed by atoms with Crippen LogP contribution < -0.4 is 20.7 Å². The van der Waals surface area contributed by atoms with Crippen molar-refractivity contribution in [2.75, 3.05) is 51.1 Å². The van der Waals surface area contributed by atoms with Gasteiger partial charge in [-0.25, -0.2) is 4.98 Å².